The van der Waals surface area contributed by atoms with E-state index < -0.39 is 67.8 Å². The lowest BCUT2D eigenvalue weighted by Crippen LogP contribution is -2.50. The Morgan fingerprint density at radius 2 is 1.36 bits per heavy atom. The van der Waals surface area contributed by atoms with Crippen LogP contribution in [0.4, 0.5) is 0 Å². The molecule has 1 aliphatic carbocycles. The summed E-state index contributed by atoms with van der Waals surface area (Å²) in [4.78, 5) is 0. The molecule has 1 fully saturated rings. The van der Waals surface area contributed by atoms with Gasteiger partial charge in [0.1, 0.15) is 24.4 Å². The molecule has 0 aromatic rings. The first-order valence-electron chi connectivity index (χ1n) is 7.22. The molecule has 9 nitrogen and oxygen atoms in total. The summed E-state index contributed by atoms with van der Waals surface area (Å²) < 4.78 is 0. The molecule has 9 atom stereocenters. The Labute approximate surface area is 127 Å². The highest BCUT2D eigenvalue weighted by Gasteiger charge is 2.43. The van der Waals surface area contributed by atoms with E-state index in [1.807, 2.05) is 0 Å². The molecule has 0 saturated heterocycles. The highest BCUT2D eigenvalue weighted by atomic mass is 16.4. The molecule has 1 rings (SSSR count). The van der Waals surface area contributed by atoms with Crippen molar-refractivity contribution >= 4 is 0 Å². The quantitative estimate of drug-likeness (QED) is 0.212. The first-order valence-corrected chi connectivity index (χ1v) is 7.22. The zero-order chi connectivity index (χ0) is 17.0. The highest BCUT2D eigenvalue weighted by molar-refractivity contribution is 4.93. The third kappa shape index (κ3) is 4.34. The molecular weight excluding hydrogens is 300 g/mol. The standard InChI is InChI=1S/C13H26O9/c14-3-6-5(1-7(16)10(6)19)2-8(17)11(20)13(22)12(21)9(18)4-15/h5-22H,1-4H2/t5?,6-,7+,8+,9+,10+,11+,12+,13-/m0/s1. The maximum Gasteiger partial charge on any atom is 0.111 e. The average Bonchev–Trinajstić information content (AvgIpc) is 2.77. The average molecular weight is 326 g/mol. The SMILES string of the molecule is OC[C@@H](O)[C@@H](O)[C@@H](O)[C@H](O)[C@H](O)CC1C[C@@H](O)[C@H](O)[C@H]1CO. The van der Waals surface area contributed by atoms with Gasteiger partial charge in [0.15, 0.2) is 0 Å². The van der Waals surface area contributed by atoms with Gasteiger partial charge in [-0.3, -0.25) is 0 Å². The van der Waals surface area contributed by atoms with Gasteiger partial charge in [-0.1, -0.05) is 0 Å². The van der Waals surface area contributed by atoms with Gasteiger partial charge in [0.2, 0.25) is 0 Å². The van der Waals surface area contributed by atoms with Crippen LogP contribution in [-0.4, -0.2) is 102 Å². The second-order valence-corrected chi connectivity index (χ2v) is 5.92. The van der Waals surface area contributed by atoms with Gasteiger partial charge in [0.25, 0.3) is 0 Å². The Morgan fingerprint density at radius 3 is 1.86 bits per heavy atom. The fraction of sp³-hybridized carbons (Fsp3) is 1.00. The Balaban J connectivity index is 2.62. The summed E-state index contributed by atoms with van der Waals surface area (Å²) in [5.74, 6) is -1.14. The highest BCUT2D eigenvalue weighted by Crippen LogP contribution is 2.36. The number of hydrogen-bond donors (Lipinski definition) is 9. The van der Waals surface area contributed by atoms with Crippen LogP contribution in [-0.2, 0) is 0 Å². The van der Waals surface area contributed by atoms with Gasteiger partial charge in [-0.15, -0.1) is 0 Å². The smallest absolute Gasteiger partial charge is 0.111 e. The van der Waals surface area contributed by atoms with Crippen LogP contribution in [0.3, 0.4) is 0 Å². The Bertz CT molecular complexity index is 329. The summed E-state index contributed by atoms with van der Waals surface area (Å²) in [5, 5.41) is 85.3. The van der Waals surface area contributed by atoms with E-state index in [0.29, 0.717) is 0 Å². The first kappa shape index (κ1) is 19.7. The molecule has 22 heavy (non-hydrogen) atoms. The maximum absolute atomic E-state index is 9.93. The van der Waals surface area contributed by atoms with Crippen LogP contribution in [0, 0.1) is 11.8 Å². The van der Waals surface area contributed by atoms with Crippen molar-refractivity contribution in [3.8, 4) is 0 Å². The van der Waals surface area contributed by atoms with Crippen molar-refractivity contribution < 1.29 is 46.0 Å². The molecule has 1 saturated carbocycles. The summed E-state index contributed by atoms with van der Waals surface area (Å²) in [6, 6.07) is 0. The molecule has 132 valence electrons. The number of hydrogen-bond acceptors (Lipinski definition) is 9. The lowest BCUT2D eigenvalue weighted by atomic mass is 9.87. The molecule has 0 aromatic heterocycles. The molecule has 1 unspecified atom stereocenters. The van der Waals surface area contributed by atoms with Crippen molar-refractivity contribution in [2.24, 2.45) is 11.8 Å². The summed E-state index contributed by atoms with van der Waals surface area (Å²) in [6.45, 7) is -1.23. The summed E-state index contributed by atoms with van der Waals surface area (Å²) in [5.41, 5.74) is 0. The summed E-state index contributed by atoms with van der Waals surface area (Å²) >= 11 is 0. The Morgan fingerprint density at radius 1 is 0.818 bits per heavy atom. The maximum atomic E-state index is 9.93. The van der Waals surface area contributed by atoms with Gasteiger partial charge in [-0.05, 0) is 18.8 Å². The minimum atomic E-state index is -1.89. The van der Waals surface area contributed by atoms with Gasteiger partial charge >= 0.3 is 0 Å². The lowest BCUT2D eigenvalue weighted by Gasteiger charge is -2.30. The van der Waals surface area contributed by atoms with Crippen molar-refractivity contribution in [3.05, 3.63) is 0 Å². The molecule has 0 amide bonds. The van der Waals surface area contributed by atoms with E-state index >= 15 is 0 Å². The van der Waals surface area contributed by atoms with Crippen LogP contribution < -0.4 is 0 Å². The zero-order valence-corrected chi connectivity index (χ0v) is 12.0. The van der Waals surface area contributed by atoms with Crippen LogP contribution in [0.2, 0.25) is 0 Å². The fourth-order valence-electron chi connectivity index (χ4n) is 2.93. The van der Waals surface area contributed by atoms with Crippen molar-refractivity contribution in [2.75, 3.05) is 13.2 Å². The van der Waals surface area contributed by atoms with E-state index in [9.17, 15) is 40.9 Å². The van der Waals surface area contributed by atoms with E-state index in [2.05, 4.69) is 0 Å². The van der Waals surface area contributed by atoms with E-state index in [1.165, 1.54) is 0 Å². The fourth-order valence-corrected chi connectivity index (χ4v) is 2.93. The van der Waals surface area contributed by atoms with Gasteiger partial charge < -0.3 is 46.0 Å². The van der Waals surface area contributed by atoms with Crippen molar-refractivity contribution in [2.45, 2.75) is 55.6 Å². The predicted octanol–water partition coefficient (Wildman–Crippen LogP) is -4.48. The second kappa shape index (κ2) is 8.48. The molecular formula is C13H26O9. The molecule has 0 aliphatic heterocycles. The van der Waals surface area contributed by atoms with Crippen LogP contribution in [0.25, 0.3) is 0 Å². The Kier molecular flexibility index (Phi) is 7.59. The topological polar surface area (TPSA) is 182 Å². The van der Waals surface area contributed by atoms with Crippen molar-refractivity contribution in [1.29, 1.82) is 0 Å². The van der Waals surface area contributed by atoms with Crippen LogP contribution in [0.1, 0.15) is 12.8 Å². The third-order valence-corrected chi connectivity index (χ3v) is 4.41. The van der Waals surface area contributed by atoms with Gasteiger partial charge in [-0.2, -0.15) is 0 Å². The molecule has 9 N–H and O–H groups in total. The largest absolute Gasteiger partial charge is 0.396 e. The normalized spacial score (nSPS) is 35.9. The lowest BCUT2D eigenvalue weighted by molar-refractivity contribution is -0.143. The minimum Gasteiger partial charge on any atom is -0.396 e. The Hall–Kier alpha value is -0.360. The van der Waals surface area contributed by atoms with E-state index in [0.717, 1.165) is 0 Å². The molecule has 0 aromatic carbocycles. The van der Waals surface area contributed by atoms with Crippen molar-refractivity contribution in [3.63, 3.8) is 0 Å². The molecule has 1 aliphatic rings. The van der Waals surface area contributed by atoms with E-state index in [1.54, 1.807) is 0 Å². The monoisotopic (exact) mass is 326 g/mol. The zero-order valence-electron chi connectivity index (χ0n) is 12.0. The third-order valence-electron chi connectivity index (χ3n) is 4.41. The molecule has 9 heteroatoms. The number of rotatable bonds is 8. The second-order valence-electron chi connectivity index (χ2n) is 5.92. The number of aliphatic hydroxyl groups excluding tert-OH is 9. The predicted molar refractivity (Wildman–Crippen MR) is 72.4 cm³/mol. The van der Waals surface area contributed by atoms with Crippen molar-refractivity contribution in [1.82, 2.24) is 0 Å². The first-order chi connectivity index (χ1) is 10.2. The molecule has 0 heterocycles. The molecule has 0 bridgehead atoms. The van der Waals surface area contributed by atoms with E-state index in [-0.39, 0.29) is 12.8 Å². The van der Waals surface area contributed by atoms with Crippen LogP contribution in [0.5, 0.6) is 0 Å². The van der Waals surface area contributed by atoms with E-state index in [4.69, 9.17) is 5.11 Å². The molecule has 0 spiro atoms. The molecule has 0 radical (unpaired) electrons. The van der Waals surface area contributed by atoms with Crippen LogP contribution in [0.15, 0.2) is 0 Å². The van der Waals surface area contributed by atoms with Gasteiger partial charge in [0, 0.05) is 12.5 Å². The van der Waals surface area contributed by atoms with Crippen LogP contribution >= 0.6 is 0 Å². The minimum absolute atomic E-state index is 0.119. The van der Waals surface area contributed by atoms with Gasteiger partial charge in [0.05, 0.1) is 24.9 Å². The summed E-state index contributed by atoms with van der Waals surface area (Å²) in [6.07, 6.45) is -10.9. The van der Waals surface area contributed by atoms with Gasteiger partial charge in [-0.25, -0.2) is 0 Å². The summed E-state index contributed by atoms with van der Waals surface area (Å²) in [7, 11) is 0. The number of aliphatic hydroxyl groups is 9.